The quantitative estimate of drug-likeness (QED) is 0.389. The molecule has 0 aliphatic heterocycles. The molecule has 2 aromatic rings. The van der Waals surface area contributed by atoms with Gasteiger partial charge in [0.15, 0.2) is 5.69 Å². The van der Waals surface area contributed by atoms with Gasteiger partial charge in [0.1, 0.15) is 10.9 Å². The van der Waals surface area contributed by atoms with Crippen LogP contribution in [0.5, 0.6) is 5.75 Å². The number of carbonyl (C=O) groups excluding carboxylic acids is 1. The number of hydrogen-bond acceptors (Lipinski definition) is 5. The van der Waals surface area contributed by atoms with E-state index in [1.165, 1.54) is 24.4 Å². The summed E-state index contributed by atoms with van der Waals surface area (Å²) in [6.45, 7) is 0. The molecular weight excluding hydrogens is 321 g/mol. The number of nitro groups is 1. The summed E-state index contributed by atoms with van der Waals surface area (Å²) in [4.78, 5) is 26.0. The molecule has 2 N–H and O–H groups in total. The van der Waals surface area contributed by atoms with E-state index in [1.54, 1.807) is 0 Å². The van der Waals surface area contributed by atoms with Gasteiger partial charge in [-0.1, -0.05) is 29.3 Å². The SMILES string of the molecule is O=C(Nc1c(O)cccc1[N+](=O)[O-])c1cc(Cl)ncc1Cl. The Morgan fingerprint density at radius 2 is 2.10 bits per heavy atom. The molecule has 0 saturated carbocycles. The lowest BCUT2D eigenvalue weighted by molar-refractivity contribution is -0.384. The van der Waals surface area contributed by atoms with Crippen LogP contribution in [0.2, 0.25) is 10.2 Å². The van der Waals surface area contributed by atoms with Crippen molar-refractivity contribution in [1.82, 2.24) is 4.98 Å². The first-order valence-corrected chi connectivity index (χ1v) is 6.24. The predicted molar refractivity (Wildman–Crippen MR) is 77.0 cm³/mol. The smallest absolute Gasteiger partial charge is 0.296 e. The summed E-state index contributed by atoms with van der Waals surface area (Å²) in [7, 11) is 0. The van der Waals surface area contributed by atoms with Gasteiger partial charge in [-0.25, -0.2) is 4.98 Å². The number of anilines is 1. The number of para-hydroxylation sites is 1. The first-order chi connectivity index (χ1) is 9.90. The van der Waals surface area contributed by atoms with Crippen molar-refractivity contribution in [2.24, 2.45) is 0 Å². The van der Waals surface area contributed by atoms with Gasteiger partial charge < -0.3 is 10.4 Å². The molecule has 21 heavy (non-hydrogen) atoms. The summed E-state index contributed by atoms with van der Waals surface area (Å²) >= 11 is 11.5. The molecule has 9 heteroatoms. The average molecular weight is 328 g/mol. The Morgan fingerprint density at radius 1 is 1.38 bits per heavy atom. The Morgan fingerprint density at radius 3 is 2.76 bits per heavy atom. The van der Waals surface area contributed by atoms with Gasteiger partial charge >= 0.3 is 0 Å². The maximum atomic E-state index is 12.1. The van der Waals surface area contributed by atoms with Crippen molar-refractivity contribution in [3.8, 4) is 5.75 Å². The number of nitrogens with one attached hydrogen (secondary N) is 1. The maximum absolute atomic E-state index is 12.1. The van der Waals surface area contributed by atoms with E-state index in [9.17, 15) is 20.0 Å². The van der Waals surface area contributed by atoms with Crippen molar-refractivity contribution in [2.75, 3.05) is 5.32 Å². The van der Waals surface area contributed by atoms with Crippen LogP contribution in [-0.2, 0) is 0 Å². The fraction of sp³-hybridized carbons (Fsp3) is 0. The number of phenolic OH excluding ortho intramolecular Hbond substituents is 1. The summed E-state index contributed by atoms with van der Waals surface area (Å²) in [6, 6.07) is 4.87. The normalized spacial score (nSPS) is 10.2. The van der Waals surface area contributed by atoms with Crippen LogP contribution in [0.1, 0.15) is 10.4 Å². The van der Waals surface area contributed by atoms with Crippen molar-refractivity contribution in [3.63, 3.8) is 0 Å². The number of benzene rings is 1. The van der Waals surface area contributed by atoms with Crippen molar-refractivity contribution < 1.29 is 14.8 Å². The Hall–Kier alpha value is -2.38. The number of amides is 1. The Kier molecular flexibility index (Phi) is 4.25. The number of rotatable bonds is 3. The molecule has 0 spiro atoms. The van der Waals surface area contributed by atoms with Crippen LogP contribution in [0.15, 0.2) is 30.5 Å². The minimum Gasteiger partial charge on any atom is -0.505 e. The van der Waals surface area contributed by atoms with E-state index in [0.717, 1.165) is 6.07 Å². The average Bonchev–Trinajstić information content (AvgIpc) is 2.43. The molecule has 2 rings (SSSR count). The van der Waals surface area contributed by atoms with E-state index >= 15 is 0 Å². The first-order valence-electron chi connectivity index (χ1n) is 5.49. The molecule has 0 aliphatic rings. The highest BCUT2D eigenvalue weighted by Gasteiger charge is 2.21. The number of hydrogen-bond donors (Lipinski definition) is 2. The molecular formula is C12H7Cl2N3O4. The maximum Gasteiger partial charge on any atom is 0.296 e. The third-order valence-electron chi connectivity index (χ3n) is 2.52. The Labute approximate surface area is 128 Å². The van der Waals surface area contributed by atoms with E-state index in [2.05, 4.69) is 10.3 Å². The van der Waals surface area contributed by atoms with E-state index in [1.807, 2.05) is 0 Å². The molecule has 0 atom stereocenters. The molecule has 1 aromatic heterocycles. The molecule has 7 nitrogen and oxygen atoms in total. The zero-order chi connectivity index (χ0) is 15.6. The third kappa shape index (κ3) is 3.21. The lowest BCUT2D eigenvalue weighted by Gasteiger charge is -2.08. The minimum absolute atomic E-state index is 0.0192. The number of aromatic nitrogens is 1. The first kappa shape index (κ1) is 15.0. The van der Waals surface area contributed by atoms with Crippen LogP contribution in [-0.4, -0.2) is 20.9 Å². The summed E-state index contributed by atoms with van der Waals surface area (Å²) in [5.41, 5.74) is -0.787. The highest BCUT2D eigenvalue weighted by molar-refractivity contribution is 6.35. The number of carbonyl (C=O) groups is 1. The number of nitrogens with zero attached hydrogens (tertiary/aromatic N) is 2. The second-order valence-corrected chi connectivity index (χ2v) is 4.66. The number of pyridine rings is 1. The van der Waals surface area contributed by atoms with Gasteiger partial charge in [0.2, 0.25) is 0 Å². The molecule has 0 radical (unpaired) electrons. The van der Waals surface area contributed by atoms with Gasteiger partial charge in [-0.2, -0.15) is 0 Å². The third-order valence-corrected chi connectivity index (χ3v) is 3.03. The van der Waals surface area contributed by atoms with E-state index in [4.69, 9.17) is 23.2 Å². The van der Waals surface area contributed by atoms with Gasteiger partial charge in [0.05, 0.1) is 15.5 Å². The van der Waals surface area contributed by atoms with Crippen LogP contribution < -0.4 is 5.32 Å². The highest BCUT2D eigenvalue weighted by atomic mass is 35.5. The van der Waals surface area contributed by atoms with Crippen molar-refractivity contribution in [1.29, 1.82) is 0 Å². The Balaban J connectivity index is 2.41. The van der Waals surface area contributed by atoms with Gasteiger partial charge in [-0.3, -0.25) is 14.9 Å². The number of aromatic hydroxyl groups is 1. The summed E-state index contributed by atoms with van der Waals surface area (Å²) in [5.74, 6) is -1.19. The van der Waals surface area contributed by atoms with Crippen LogP contribution in [0.4, 0.5) is 11.4 Å². The molecule has 0 unspecified atom stereocenters. The molecule has 0 aliphatic carbocycles. The van der Waals surface area contributed by atoms with Gasteiger partial charge in [0.25, 0.3) is 11.6 Å². The van der Waals surface area contributed by atoms with E-state index in [0.29, 0.717) is 0 Å². The monoisotopic (exact) mass is 327 g/mol. The van der Waals surface area contributed by atoms with Crippen molar-refractivity contribution in [2.45, 2.75) is 0 Å². The number of halogens is 2. The standard InChI is InChI=1S/C12H7Cl2N3O4/c13-7-5-15-10(14)4-6(7)12(19)16-11-8(17(20)21)2-1-3-9(11)18/h1-5,18H,(H,16,19). The molecule has 0 bridgehead atoms. The fourth-order valence-electron chi connectivity index (χ4n) is 1.58. The van der Waals surface area contributed by atoms with Crippen molar-refractivity contribution in [3.05, 3.63) is 56.3 Å². The molecule has 0 saturated heterocycles. The second kappa shape index (κ2) is 5.94. The van der Waals surface area contributed by atoms with Crippen LogP contribution in [0, 0.1) is 10.1 Å². The van der Waals surface area contributed by atoms with Gasteiger partial charge in [0, 0.05) is 12.3 Å². The van der Waals surface area contributed by atoms with E-state index < -0.39 is 22.3 Å². The van der Waals surface area contributed by atoms with Gasteiger partial charge in [-0.05, 0) is 12.1 Å². The zero-order valence-corrected chi connectivity index (χ0v) is 11.7. The summed E-state index contributed by atoms with van der Waals surface area (Å²) in [5, 5.41) is 22.9. The second-order valence-electron chi connectivity index (χ2n) is 3.87. The number of phenols is 1. The van der Waals surface area contributed by atoms with Crippen LogP contribution >= 0.6 is 23.2 Å². The highest BCUT2D eigenvalue weighted by Crippen LogP contribution is 2.33. The summed E-state index contributed by atoms with van der Waals surface area (Å²) < 4.78 is 0. The predicted octanol–water partition coefficient (Wildman–Crippen LogP) is 3.25. The number of nitro benzene ring substituents is 1. The van der Waals surface area contributed by atoms with Crippen LogP contribution in [0.3, 0.4) is 0 Å². The van der Waals surface area contributed by atoms with E-state index in [-0.39, 0.29) is 21.4 Å². The Bertz CT molecular complexity index is 736. The molecule has 1 aromatic carbocycles. The van der Waals surface area contributed by atoms with Crippen LogP contribution in [0.25, 0.3) is 0 Å². The topological polar surface area (TPSA) is 105 Å². The summed E-state index contributed by atoms with van der Waals surface area (Å²) in [6.07, 6.45) is 1.18. The lowest BCUT2D eigenvalue weighted by atomic mass is 10.2. The lowest BCUT2D eigenvalue weighted by Crippen LogP contribution is -2.14. The minimum atomic E-state index is -0.756. The molecule has 108 valence electrons. The fourth-order valence-corrected chi connectivity index (χ4v) is 1.92. The van der Waals surface area contributed by atoms with Gasteiger partial charge in [-0.15, -0.1) is 0 Å². The largest absolute Gasteiger partial charge is 0.505 e. The molecule has 1 heterocycles. The zero-order valence-electron chi connectivity index (χ0n) is 10.2. The molecule has 0 fully saturated rings. The van der Waals surface area contributed by atoms with Crippen molar-refractivity contribution >= 4 is 40.5 Å². The molecule has 1 amide bonds.